The zero-order valence-electron chi connectivity index (χ0n) is 18.5. The molecule has 0 spiro atoms. The Bertz CT molecular complexity index is 969. The van der Waals surface area contributed by atoms with E-state index in [2.05, 4.69) is 14.9 Å². The number of hydrogen-bond donors (Lipinski definition) is 1. The van der Waals surface area contributed by atoms with Gasteiger partial charge in [0, 0.05) is 70.7 Å². The number of alkyl halides is 1. The van der Waals surface area contributed by atoms with Crippen LogP contribution in [0.3, 0.4) is 0 Å². The smallest absolute Gasteiger partial charge is 0.260 e. The minimum atomic E-state index is -1.81. The average molecular weight is 458 g/mol. The summed E-state index contributed by atoms with van der Waals surface area (Å²) in [6, 6.07) is 6.45. The summed E-state index contributed by atoms with van der Waals surface area (Å²) in [4.78, 5) is 24.5. The predicted octanol–water partition coefficient (Wildman–Crippen LogP) is 3.09. The van der Waals surface area contributed by atoms with Crippen molar-refractivity contribution in [2.75, 3.05) is 38.5 Å². The van der Waals surface area contributed by atoms with Gasteiger partial charge in [0.2, 0.25) is 5.88 Å². The van der Waals surface area contributed by atoms with Crippen LogP contribution >= 0.6 is 0 Å². The molecule has 33 heavy (non-hydrogen) atoms. The Kier molecular flexibility index (Phi) is 7.17. The van der Waals surface area contributed by atoms with Crippen LogP contribution in [0.1, 0.15) is 31.2 Å². The fraction of sp³-hybridized carbons (Fsp3) is 0.458. The van der Waals surface area contributed by atoms with Crippen molar-refractivity contribution in [2.45, 2.75) is 37.5 Å². The molecule has 4 heterocycles. The molecule has 7 nitrogen and oxygen atoms in total. The number of nitrogen functional groups attached to an aromatic ring is 1. The van der Waals surface area contributed by atoms with Crippen molar-refractivity contribution in [2.24, 2.45) is 0 Å². The van der Waals surface area contributed by atoms with E-state index >= 15 is 4.39 Å². The molecule has 1 amide bonds. The Labute approximate surface area is 192 Å². The summed E-state index contributed by atoms with van der Waals surface area (Å²) in [5.74, 6) is -0.00385. The van der Waals surface area contributed by atoms with Crippen LogP contribution in [-0.2, 0) is 4.79 Å². The first-order valence-electron chi connectivity index (χ1n) is 11.3. The molecule has 2 N–H and O–H groups in total. The highest BCUT2D eigenvalue weighted by Crippen LogP contribution is 2.30. The van der Waals surface area contributed by atoms with E-state index in [0.29, 0.717) is 57.3 Å². The zero-order chi connectivity index (χ0) is 23.3. The number of amides is 1. The van der Waals surface area contributed by atoms with Crippen LogP contribution in [0.2, 0.25) is 0 Å². The number of nitrogens with zero attached hydrogens (tertiary/aromatic N) is 4. The third-order valence-electron chi connectivity index (χ3n) is 6.23. The second kappa shape index (κ2) is 10.2. The van der Waals surface area contributed by atoms with Crippen LogP contribution in [0.25, 0.3) is 6.08 Å². The zero-order valence-corrected chi connectivity index (χ0v) is 18.5. The number of likely N-dealkylation sites (tertiary alicyclic amines) is 2. The normalized spacial score (nSPS) is 19.6. The van der Waals surface area contributed by atoms with Gasteiger partial charge in [-0.1, -0.05) is 12.2 Å². The number of ether oxygens (including phenoxy) is 1. The van der Waals surface area contributed by atoms with E-state index in [1.165, 1.54) is 12.1 Å². The second-order valence-electron chi connectivity index (χ2n) is 8.61. The first kappa shape index (κ1) is 23.1. The third-order valence-corrected chi connectivity index (χ3v) is 6.23. The lowest BCUT2D eigenvalue weighted by Crippen LogP contribution is -2.54. The van der Waals surface area contributed by atoms with Gasteiger partial charge in [-0.15, -0.1) is 0 Å². The molecule has 4 rings (SSSR count). The third kappa shape index (κ3) is 6.04. The summed E-state index contributed by atoms with van der Waals surface area (Å²) in [5, 5.41) is 0. The second-order valence-corrected chi connectivity index (χ2v) is 8.61. The molecule has 9 heteroatoms. The van der Waals surface area contributed by atoms with Crippen LogP contribution in [0.15, 0.2) is 42.7 Å². The van der Waals surface area contributed by atoms with Gasteiger partial charge < -0.3 is 15.4 Å². The van der Waals surface area contributed by atoms with E-state index in [1.807, 2.05) is 18.2 Å². The van der Waals surface area contributed by atoms with E-state index < -0.39 is 17.4 Å². The molecule has 2 aliphatic heterocycles. The van der Waals surface area contributed by atoms with E-state index in [9.17, 15) is 9.18 Å². The predicted molar refractivity (Wildman–Crippen MR) is 122 cm³/mol. The van der Waals surface area contributed by atoms with Crippen molar-refractivity contribution in [1.82, 2.24) is 19.8 Å². The molecule has 2 aromatic rings. The lowest BCUT2D eigenvalue weighted by molar-refractivity contribution is -0.149. The number of hydrogen-bond acceptors (Lipinski definition) is 6. The van der Waals surface area contributed by atoms with E-state index in [4.69, 9.17) is 10.5 Å². The monoisotopic (exact) mass is 457 g/mol. The molecule has 0 saturated carbocycles. The minimum Gasteiger partial charge on any atom is -0.474 e. The SMILES string of the molecule is Nc1cc(C=CCN2CCC(F)(C(=O)N3CCC(Oc4ccc(F)cn4)CC3)CC2)ccn1. The fourth-order valence-corrected chi connectivity index (χ4v) is 4.27. The molecule has 0 radical (unpaired) electrons. The summed E-state index contributed by atoms with van der Waals surface area (Å²) >= 11 is 0. The number of nitrogens with two attached hydrogens (primary N) is 1. The molecule has 2 saturated heterocycles. The maximum absolute atomic E-state index is 15.5. The van der Waals surface area contributed by atoms with Gasteiger partial charge in [0.1, 0.15) is 17.7 Å². The summed E-state index contributed by atoms with van der Waals surface area (Å²) < 4.78 is 34.2. The molecule has 0 aromatic carbocycles. The number of carbonyl (C=O) groups is 1. The molecule has 2 aliphatic rings. The van der Waals surface area contributed by atoms with Crippen molar-refractivity contribution in [3.8, 4) is 5.88 Å². The quantitative estimate of drug-likeness (QED) is 0.718. The maximum Gasteiger partial charge on any atom is 0.260 e. The maximum atomic E-state index is 15.5. The summed E-state index contributed by atoms with van der Waals surface area (Å²) in [5.41, 5.74) is 4.84. The number of halogens is 2. The van der Waals surface area contributed by atoms with Gasteiger partial charge >= 0.3 is 0 Å². The van der Waals surface area contributed by atoms with E-state index in [0.717, 1.165) is 11.8 Å². The Morgan fingerprint density at radius 1 is 1.18 bits per heavy atom. The van der Waals surface area contributed by atoms with Crippen molar-refractivity contribution in [3.63, 3.8) is 0 Å². The van der Waals surface area contributed by atoms with Crippen LogP contribution in [-0.4, -0.2) is 70.2 Å². The lowest BCUT2D eigenvalue weighted by Gasteiger charge is -2.40. The largest absolute Gasteiger partial charge is 0.474 e. The summed E-state index contributed by atoms with van der Waals surface area (Å²) in [7, 11) is 0. The van der Waals surface area contributed by atoms with Gasteiger partial charge in [0.05, 0.1) is 6.20 Å². The molecule has 0 atom stereocenters. The topological polar surface area (TPSA) is 84.6 Å². The Morgan fingerprint density at radius 3 is 2.61 bits per heavy atom. The van der Waals surface area contributed by atoms with Gasteiger partial charge in [0.25, 0.3) is 5.91 Å². The minimum absolute atomic E-state index is 0.119. The van der Waals surface area contributed by atoms with Crippen molar-refractivity contribution in [1.29, 1.82) is 0 Å². The lowest BCUT2D eigenvalue weighted by atomic mass is 9.90. The average Bonchev–Trinajstić information content (AvgIpc) is 2.82. The molecule has 2 aromatic heterocycles. The van der Waals surface area contributed by atoms with Gasteiger partial charge in [-0.3, -0.25) is 9.69 Å². The summed E-state index contributed by atoms with van der Waals surface area (Å²) in [6.07, 6.45) is 8.21. The van der Waals surface area contributed by atoms with Gasteiger partial charge in [-0.05, 0) is 23.8 Å². The highest BCUT2D eigenvalue weighted by Gasteiger charge is 2.44. The molecular weight excluding hydrogens is 428 g/mol. The van der Waals surface area contributed by atoms with Gasteiger partial charge in [-0.25, -0.2) is 18.7 Å². The van der Waals surface area contributed by atoms with Crippen LogP contribution in [0, 0.1) is 5.82 Å². The van der Waals surface area contributed by atoms with E-state index in [1.54, 1.807) is 17.2 Å². The number of piperidine rings is 2. The van der Waals surface area contributed by atoms with Crippen LogP contribution < -0.4 is 10.5 Å². The molecular formula is C24H29F2N5O2. The number of rotatable bonds is 6. The molecule has 0 bridgehead atoms. The molecule has 0 aliphatic carbocycles. The Hall–Kier alpha value is -3.07. The summed E-state index contributed by atoms with van der Waals surface area (Å²) in [6.45, 7) is 2.63. The highest BCUT2D eigenvalue weighted by atomic mass is 19.1. The van der Waals surface area contributed by atoms with E-state index in [-0.39, 0.29) is 18.9 Å². The number of aromatic nitrogens is 2. The van der Waals surface area contributed by atoms with Crippen molar-refractivity contribution >= 4 is 17.8 Å². The highest BCUT2D eigenvalue weighted by molar-refractivity contribution is 5.85. The fourth-order valence-electron chi connectivity index (χ4n) is 4.27. The van der Waals surface area contributed by atoms with Crippen molar-refractivity contribution in [3.05, 3.63) is 54.1 Å². The van der Waals surface area contributed by atoms with Gasteiger partial charge in [0.15, 0.2) is 5.67 Å². The number of carbonyl (C=O) groups excluding carboxylic acids is 1. The van der Waals surface area contributed by atoms with Gasteiger partial charge in [-0.2, -0.15) is 0 Å². The molecule has 2 fully saturated rings. The first-order chi connectivity index (χ1) is 15.9. The number of pyridine rings is 2. The molecule has 176 valence electrons. The Balaban J connectivity index is 1.22. The van der Waals surface area contributed by atoms with Crippen LogP contribution in [0.4, 0.5) is 14.6 Å². The first-order valence-corrected chi connectivity index (χ1v) is 11.3. The van der Waals surface area contributed by atoms with Crippen LogP contribution in [0.5, 0.6) is 5.88 Å². The van der Waals surface area contributed by atoms with Crippen molar-refractivity contribution < 1.29 is 18.3 Å². The standard InChI is InChI=1S/C24H29F2N5O2/c25-19-3-4-22(29-17-19)33-20-6-12-31(13-7-20)23(32)24(26)8-14-30(15-9-24)11-1-2-18-5-10-28-21(27)16-18/h1-5,10,16-17,20H,6-9,11-15H2,(H2,27,28). The molecule has 0 unspecified atom stereocenters. The number of anilines is 1. The Morgan fingerprint density at radius 2 is 1.94 bits per heavy atom.